The zero-order valence-electron chi connectivity index (χ0n) is 10.4. The van der Waals surface area contributed by atoms with Gasteiger partial charge in [-0.15, -0.1) is 0 Å². The van der Waals surface area contributed by atoms with E-state index in [2.05, 4.69) is 4.74 Å². The number of rotatable bonds is 2. The molecule has 0 unspecified atom stereocenters. The Balaban J connectivity index is 2.98. The highest BCUT2D eigenvalue weighted by atomic mass is 16.5. The maximum Gasteiger partial charge on any atom is 0.347 e. The molecule has 0 atom stereocenters. The van der Waals surface area contributed by atoms with Crippen molar-refractivity contribution in [2.45, 2.75) is 0 Å². The molecule has 5 nitrogen and oxygen atoms in total. The van der Waals surface area contributed by atoms with Crippen LogP contribution in [0.3, 0.4) is 0 Å². The fourth-order valence-corrected chi connectivity index (χ4v) is 1.96. The molecule has 0 radical (unpaired) electrons. The zero-order valence-corrected chi connectivity index (χ0v) is 10.4. The lowest BCUT2D eigenvalue weighted by molar-refractivity contribution is 0.0594. The monoisotopic (exact) mass is 247 g/mol. The number of fused-ring (bicyclic) bond motifs is 1. The van der Waals surface area contributed by atoms with E-state index >= 15 is 0 Å². The van der Waals surface area contributed by atoms with Gasteiger partial charge in [-0.2, -0.15) is 0 Å². The van der Waals surface area contributed by atoms with E-state index < -0.39 is 11.5 Å². The van der Waals surface area contributed by atoms with E-state index in [0.717, 1.165) is 0 Å². The van der Waals surface area contributed by atoms with Crippen molar-refractivity contribution >= 4 is 16.9 Å². The lowest BCUT2D eigenvalue weighted by Crippen LogP contribution is -2.26. The number of pyridine rings is 1. The first-order chi connectivity index (χ1) is 8.61. The Morgan fingerprint density at radius 1 is 1.22 bits per heavy atom. The van der Waals surface area contributed by atoms with Gasteiger partial charge in [0.15, 0.2) is 5.56 Å². The van der Waals surface area contributed by atoms with Crippen LogP contribution in [-0.4, -0.2) is 24.8 Å². The largest absolute Gasteiger partial charge is 0.495 e. The van der Waals surface area contributed by atoms with Crippen LogP contribution in [-0.2, 0) is 11.8 Å². The first kappa shape index (κ1) is 12.2. The Hall–Kier alpha value is -2.30. The fraction of sp³-hybridized carbons (Fsp3) is 0.231. The van der Waals surface area contributed by atoms with Gasteiger partial charge < -0.3 is 14.0 Å². The van der Waals surface area contributed by atoms with E-state index in [4.69, 9.17) is 4.74 Å². The van der Waals surface area contributed by atoms with E-state index in [-0.39, 0.29) is 11.3 Å². The van der Waals surface area contributed by atoms with Gasteiger partial charge >= 0.3 is 5.97 Å². The molecule has 2 aromatic rings. The third kappa shape index (κ3) is 1.64. The van der Waals surface area contributed by atoms with Crippen LogP contribution in [0.1, 0.15) is 10.4 Å². The van der Waals surface area contributed by atoms with Gasteiger partial charge in [-0.05, 0) is 12.1 Å². The molecule has 0 spiro atoms. The Bertz CT molecular complexity index is 672. The highest BCUT2D eigenvalue weighted by molar-refractivity contribution is 5.99. The van der Waals surface area contributed by atoms with Crippen LogP contribution in [0, 0.1) is 0 Å². The average molecular weight is 247 g/mol. The number of methoxy groups -OCH3 is 2. The lowest BCUT2D eigenvalue weighted by atomic mass is 10.1. The van der Waals surface area contributed by atoms with Crippen molar-refractivity contribution in [3.8, 4) is 5.75 Å². The number of aryl methyl sites for hydroxylation is 1. The smallest absolute Gasteiger partial charge is 0.347 e. The molecule has 18 heavy (non-hydrogen) atoms. The molecular formula is C13H13NO4. The number of nitrogens with zero attached hydrogens (tertiary/aromatic N) is 1. The van der Waals surface area contributed by atoms with Gasteiger partial charge in [-0.1, -0.05) is 12.1 Å². The zero-order chi connectivity index (χ0) is 13.3. The Labute approximate surface area is 104 Å². The number of carbonyl (C=O) groups is 1. The van der Waals surface area contributed by atoms with Crippen LogP contribution < -0.4 is 10.3 Å². The van der Waals surface area contributed by atoms with Gasteiger partial charge in [0.25, 0.3) is 5.56 Å². The molecule has 0 saturated heterocycles. The van der Waals surface area contributed by atoms with Crippen LogP contribution >= 0.6 is 0 Å². The SMILES string of the molecule is COC(=O)c1c(OC)c2ccccc2n(C)c1=O. The summed E-state index contributed by atoms with van der Waals surface area (Å²) >= 11 is 0. The van der Waals surface area contributed by atoms with Crippen molar-refractivity contribution in [1.82, 2.24) is 4.57 Å². The van der Waals surface area contributed by atoms with E-state index in [0.29, 0.717) is 10.9 Å². The van der Waals surface area contributed by atoms with E-state index in [1.807, 2.05) is 12.1 Å². The molecule has 1 aromatic heterocycles. The third-order valence-corrected chi connectivity index (χ3v) is 2.85. The number of para-hydroxylation sites is 1. The summed E-state index contributed by atoms with van der Waals surface area (Å²) in [5.41, 5.74) is 0.186. The highest BCUT2D eigenvalue weighted by Crippen LogP contribution is 2.27. The molecule has 0 aliphatic heterocycles. The van der Waals surface area contributed by atoms with Gasteiger partial charge in [-0.25, -0.2) is 4.79 Å². The van der Waals surface area contributed by atoms with Crippen molar-refractivity contribution in [3.05, 3.63) is 40.2 Å². The number of carbonyl (C=O) groups excluding carboxylic acids is 1. The molecule has 0 aliphatic carbocycles. The first-order valence-electron chi connectivity index (χ1n) is 5.35. The van der Waals surface area contributed by atoms with Gasteiger partial charge in [0.1, 0.15) is 5.75 Å². The summed E-state index contributed by atoms with van der Waals surface area (Å²) in [7, 11) is 4.26. The molecule has 0 bridgehead atoms. The minimum Gasteiger partial charge on any atom is -0.495 e. The third-order valence-electron chi connectivity index (χ3n) is 2.85. The molecule has 0 fully saturated rings. The van der Waals surface area contributed by atoms with Crippen LogP contribution in [0.25, 0.3) is 10.9 Å². The second-order valence-electron chi connectivity index (χ2n) is 3.78. The Morgan fingerprint density at radius 2 is 1.89 bits per heavy atom. The minimum atomic E-state index is -0.696. The van der Waals surface area contributed by atoms with Crippen molar-refractivity contribution < 1.29 is 14.3 Å². The van der Waals surface area contributed by atoms with Crippen LogP contribution in [0.2, 0.25) is 0 Å². The van der Waals surface area contributed by atoms with Gasteiger partial charge in [0.2, 0.25) is 0 Å². The van der Waals surface area contributed by atoms with Crippen LogP contribution in [0.4, 0.5) is 0 Å². The quantitative estimate of drug-likeness (QED) is 0.751. The molecular weight excluding hydrogens is 234 g/mol. The molecule has 0 saturated carbocycles. The predicted molar refractivity (Wildman–Crippen MR) is 67.1 cm³/mol. The summed E-state index contributed by atoms with van der Waals surface area (Å²) in [6.07, 6.45) is 0. The number of hydrogen-bond donors (Lipinski definition) is 0. The summed E-state index contributed by atoms with van der Waals surface area (Å²) < 4.78 is 11.2. The number of benzene rings is 1. The maximum atomic E-state index is 12.1. The second-order valence-corrected chi connectivity index (χ2v) is 3.78. The summed E-state index contributed by atoms with van der Waals surface area (Å²) in [5, 5.41) is 0.697. The Kier molecular flexibility index (Phi) is 3.06. The van der Waals surface area contributed by atoms with Crippen molar-refractivity contribution in [2.24, 2.45) is 7.05 Å². The molecule has 2 rings (SSSR count). The van der Waals surface area contributed by atoms with Gasteiger partial charge in [0.05, 0.1) is 19.7 Å². The highest BCUT2D eigenvalue weighted by Gasteiger charge is 2.22. The molecule has 5 heteroatoms. The lowest BCUT2D eigenvalue weighted by Gasteiger charge is -2.12. The summed E-state index contributed by atoms with van der Waals surface area (Å²) in [6, 6.07) is 7.22. The van der Waals surface area contributed by atoms with E-state index in [1.54, 1.807) is 19.2 Å². The van der Waals surface area contributed by atoms with Crippen molar-refractivity contribution in [1.29, 1.82) is 0 Å². The summed E-state index contributed by atoms with van der Waals surface area (Å²) in [6.45, 7) is 0. The summed E-state index contributed by atoms with van der Waals surface area (Å²) in [5.74, 6) is -0.446. The number of aromatic nitrogens is 1. The topological polar surface area (TPSA) is 57.5 Å². The standard InChI is InChI=1S/C13H13NO4/c1-14-9-7-5-4-6-8(9)11(17-2)10(12(14)15)13(16)18-3/h4-7H,1-3H3. The molecule has 1 heterocycles. The van der Waals surface area contributed by atoms with Gasteiger partial charge in [0, 0.05) is 12.4 Å². The predicted octanol–water partition coefficient (Wildman–Crippen LogP) is 1.33. The van der Waals surface area contributed by atoms with Crippen molar-refractivity contribution in [2.75, 3.05) is 14.2 Å². The van der Waals surface area contributed by atoms with Gasteiger partial charge in [-0.3, -0.25) is 4.79 Å². The number of esters is 1. The molecule has 1 aromatic carbocycles. The van der Waals surface area contributed by atoms with Crippen LogP contribution in [0.5, 0.6) is 5.75 Å². The van der Waals surface area contributed by atoms with E-state index in [9.17, 15) is 9.59 Å². The molecule has 0 aliphatic rings. The molecule has 0 N–H and O–H groups in total. The van der Waals surface area contributed by atoms with E-state index in [1.165, 1.54) is 18.8 Å². The Morgan fingerprint density at radius 3 is 2.50 bits per heavy atom. The maximum absolute atomic E-state index is 12.1. The molecule has 0 amide bonds. The number of hydrogen-bond acceptors (Lipinski definition) is 4. The second kappa shape index (κ2) is 4.52. The van der Waals surface area contributed by atoms with Crippen LogP contribution in [0.15, 0.2) is 29.1 Å². The first-order valence-corrected chi connectivity index (χ1v) is 5.35. The fourth-order valence-electron chi connectivity index (χ4n) is 1.96. The minimum absolute atomic E-state index is 0.0822. The molecule has 94 valence electrons. The number of ether oxygens (including phenoxy) is 2. The normalized spacial score (nSPS) is 10.4. The average Bonchev–Trinajstić information content (AvgIpc) is 2.41. The van der Waals surface area contributed by atoms with Crippen molar-refractivity contribution in [3.63, 3.8) is 0 Å². The summed E-state index contributed by atoms with van der Waals surface area (Å²) in [4.78, 5) is 23.8.